The molecule has 0 saturated heterocycles. The van der Waals surface area contributed by atoms with Gasteiger partial charge in [-0.05, 0) is 54.1 Å². The first-order chi connectivity index (χ1) is 14.4. The molecule has 0 aliphatic rings. The highest BCUT2D eigenvalue weighted by Crippen LogP contribution is 2.28. The summed E-state index contributed by atoms with van der Waals surface area (Å²) in [6, 6.07) is 14.2. The molecule has 1 amide bonds. The fourth-order valence-electron chi connectivity index (χ4n) is 2.78. The third-order valence-corrected chi connectivity index (χ3v) is 4.30. The molecule has 0 unspecified atom stereocenters. The number of benzene rings is 3. The Bertz CT molecular complexity index is 1100. The Morgan fingerprint density at radius 3 is 2.47 bits per heavy atom. The van der Waals surface area contributed by atoms with Crippen molar-refractivity contribution in [2.75, 3.05) is 17.7 Å². The average molecular weight is 412 g/mol. The van der Waals surface area contributed by atoms with Gasteiger partial charge >= 0.3 is 5.97 Å². The van der Waals surface area contributed by atoms with Gasteiger partial charge in [-0.15, -0.1) is 0 Å². The van der Waals surface area contributed by atoms with Crippen LogP contribution in [0.25, 0.3) is 0 Å². The fourth-order valence-corrected chi connectivity index (χ4v) is 2.78. The van der Waals surface area contributed by atoms with Gasteiger partial charge in [-0.2, -0.15) is 0 Å². The van der Waals surface area contributed by atoms with E-state index in [1.54, 1.807) is 36.4 Å². The molecule has 30 heavy (non-hydrogen) atoms. The van der Waals surface area contributed by atoms with E-state index < -0.39 is 23.5 Å². The number of hydrogen-bond donors (Lipinski definition) is 3. The summed E-state index contributed by atoms with van der Waals surface area (Å²) in [7, 11) is 1.49. The Balaban J connectivity index is 1.76. The van der Waals surface area contributed by atoms with Crippen LogP contribution in [0.5, 0.6) is 5.75 Å². The Hall–Kier alpha value is -3.94. The van der Waals surface area contributed by atoms with Crippen molar-refractivity contribution in [1.29, 1.82) is 0 Å². The molecule has 0 saturated carbocycles. The molecule has 0 aliphatic heterocycles. The molecule has 0 spiro atoms. The summed E-state index contributed by atoms with van der Waals surface area (Å²) in [5, 5.41) is 14.9. The summed E-state index contributed by atoms with van der Waals surface area (Å²) in [6.07, 6.45) is 0. The van der Waals surface area contributed by atoms with Crippen LogP contribution in [0.1, 0.15) is 26.3 Å². The van der Waals surface area contributed by atoms with E-state index >= 15 is 0 Å². The van der Waals surface area contributed by atoms with Crippen molar-refractivity contribution < 1.29 is 28.2 Å². The molecule has 3 aromatic rings. The molecule has 0 heterocycles. The van der Waals surface area contributed by atoms with Crippen molar-refractivity contribution in [1.82, 2.24) is 0 Å². The minimum Gasteiger partial charge on any atom is -0.495 e. The molecule has 8 heteroatoms. The van der Waals surface area contributed by atoms with Crippen LogP contribution in [0.2, 0.25) is 0 Å². The molecule has 154 valence electrons. The molecule has 0 aromatic heterocycles. The van der Waals surface area contributed by atoms with Crippen molar-refractivity contribution in [2.45, 2.75) is 6.54 Å². The second-order valence-electron chi connectivity index (χ2n) is 6.36. The van der Waals surface area contributed by atoms with Gasteiger partial charge < -0.3 is 20.5 Å². The van der Waals surface area contributed by atoms with Gasteiger partial charge in [0.15, 0.2) is 11.6 Å². The molecule has 0 atom stereocenters. The standard InChI is InChI=1S/C22H18F2N2O4/c1-30-20-8-6-16(26-21(27)14-5-7-17(23)18(24)10-14)11-19(20)25-12-13-3-2-4-15(9-13)22(28)29/h2-11,25H,12H2,1H3,(H,26,27)(H,28,29). The minimum atomic E-state index is -1.11. The van der Waals surface area contributed by atoms with Crippen LogP contribution in [-0.4, -0.2) is 24.1 Å². The molecule has 0 bridgehead atoms. The van der Waals surface area contributed by atoms with E-state index in [9.17, 15) is 18.4 Å². The molecule has 6 nitrogen and oxygen atoms in total. The fraction of sp³-hybridized carbons (Fsp3) is 0.0909. The summed E-state index contributed by atoms with van der Waals surface area (Å²) in [6.45, 7) is 0.318. The van der Waals surface area contributed by atoms with Crippen molar-refractivity contribution >= 4 is 23.3 Å². The van der Waals surface area contributed by atoms with Crippen molar-refractivity contribution in [3.05, 3.63) is 89.0 Å². The predicted octanol–water partition coefficient (Wildman–Crippen LogP) is 4.54. The van der Waals surface area contributed by atoms with Crippen LogP contribution in [-0.2, 0) is 6.54 Å². The van der Waals surface area contributed by atoms with E-state index in [1.165, 1.54) is 19.2 Å². The maximum absolute atomic E-state index is 13.4. The first-order valence-electron chi connectivity index (χ1n) is 8.88. The quantitative estimate of drug-likeness (QED) is 0.531. The summed E-state index contributed by atoms with van der Waals surface area (Å²) >= 11 is 0. The number of halogens is 2. The number of ether oxygens (including phenoxy) is 1. The molecule has 3 N–H and O–H groups in total. The zero-order valence-corrected chi connectivity index (χ0v) is 15.9. The lowest BCUT2D eigenvalue weighted by Gasteiger charge is -2.14. The van der Waals surface area contributed by atoms with Gasteiger partial charge in [0.05, 0.1) is 18.4 Å². The number of methoxy groups -OCH3 is 1. The zero-order chi connectivity index (χ0) is 21.7. The largest absolute Gasteiger partial charge is 0.495 e. The predicted molar refractivity (Wildman–Crippen MR) is 108 cm³/mol. The lowest BCUT2D eigenvalue weighted by molar-refractivity contribution is 0.0696. The third-order valence-electron chi connectivity index (χ3n) is 4.30. The van der Waals surface area contributed by atoms with E-state index in [0.717, 1.165) is 17.7 Å². The first-order valence-corrected chi connectivity index (χ1v) is 8.88. The monoisotopic (exact) mass is 412 g/mol. The minimum absolute atomic E-state index is 0.0234. The van der Waals surface area contributed by atoms with Gasteiger partial charge in [-0.1, -0.05) is 12.1 Å². The Morgan fingerprint density at radius 2 is 1.77 bits per heavy atom. The molecule has 0 radical (unpaired) electrons. The summed E-state index contributed by atoms with van der Waals surface area (Å²) in [4.78, 5) is 23.4. The number of amides is 1. The second kappa shape index (κ2) is 9.04. The molecule has 3 aromatic carbocycles. The van der Waals surface area contributed by atoms with Crippen LogP contribution in [0.3, 0.4) is 0 Å². The lowest BCUT2D eigenvalue weighted by Crippen LogP contribution is -2.13. The zero-order valence-electron chi connectivity index (χ0n) is 15.9. The van der Waals surface area contributed by atoms with Crippen LogP contribution >= 0.6 is 0 Å². The highest BCUT2D eigenvalue weighted by Gasteiger charge is 2.12. The Morgan fingerprint density at radius 1 is 0.967 bits per heavy atom. The first kappa shape index (κ1) is 20.8. The highest BCUT2D eigenvalue weighted by molar-refractivity contribution is 6.04. The maximum atomic E-state index is 13.4. The normalized spacial score (nSPS) is 10.4. The van der Waals surface area contributed by atoms with Gasteiger partial charge in [0.25, 0.3) is 5.91 Å². The highest BCUT2D eigenvalue weighted by atomic mass is 19.2. The number of rotatable bonds is 7. The smallest absolute Gasteiger partial charge is 0.335 e. The van der Waals surface area contributed by atoms with Crippen LogP contribution in [0, 0.1) is 11.6 Å². The van der Waals surface area contributed by atoms with Crippen molar-refractivity contribution in [3.8, 4) is 5.75 Å². The number of hydrogen-bond acceptors (Lipinski definition) is 4. The van der Waals surface area contributed by atoms with E-state index in [2.05, 4.69) is 10.6 Å². The SMILES string of the molecule is COc1ccc(NC(=O)c2ccc(F)c(F)c2)cc1NCc1cccc(C(=O)O)c1. The van der Waals surface area contributed by atoms with E-state index in [0.29, 0.717) is 23.7 Å². The summed E-state index contributed by atoms with van der Waals surface area (Å²) in [5.41, 5.74) is 1.86. The van der Waals surface area contributed by atoms with E-state index in [1.807, 2.05) is 0 Å². The van der Waals surface area contributed by atoms with Gasteiger partial charge in [-0.25, -0.2) is 13.6 Å². The summed E-state index contributed by atoms with van der Waals surface area (Å²) in [5.74, 6) is -3.25. The third kappa shape index (κ3) is 4.91. The number of nitrogens with one attached hydrogen (secondary N) is 2. The molecular weight excluding hydrogens is 394 g/mol. The number of carboxylic acids is 1. The number of carboxylic acid groups (broad SMARTS) is 1. The maximum Gasteiger partial charge on any atom is 0.335 e. The topological polar surface area (TPSA) is 87.7 Å². The van der Waals surface area contributed by atoms with Gasteiger partial charge in [0.2, 0.25) is 0 Å². The lowest BCUT2D eigenvalue weighted by atomic mass is 10.1. The molecular formula is C22H18F2N2O4. The van der Waals surface area contributed by atoms with Crippen molar-refractivity contribution in [3.63, 3.8) is 0 Å². The molecule has 0 fully saturated rings. The van der Waals surface area contributed by atoms with Gasteiger partial charge in [0.1, 0.15) is 5.75 Å². The molecule has 3 rings (SSSR count). The van der Waals surface area contributed by atoms with Gasteiger partial charge in [0, 0.05) is 17.8 Å². The van der Waals surface area contributed by atoms with Crippen LogP contribution in [0.15, 0.2) is 60.7 Å². The summed E-state index contributed by atoms with van der Waals surface area (Å²) < 4.78 is 31.7. The number of anilines is 2. The number of carbonyl (C=O) groups is 2. The second-order valence-corrected chi connectivity index (χ2v) is 6.36. The average Bonchev–Trinajstić information content (AvgIpc) is 2.74. The van der Waals surface area contributed by atoms with Crippen LogP contribution in [0.4, 0.5) is 20.2 Å². The van der Waals surface area contributed by atoms with Crippen molar-refractivity contribution in [2.24, 2.45) is 0 Å². The van der Waals surface area contributed by atoms with E-state index in [4.69, 9.17) is 9.84 Å². The van der Waals surface area contributed by atoms with Gasteiger partial charge in [-0.3, -0.25) is 4.79 Å². The van der Waals surface area contributed by atoms with Crippen LogP contribution < -0.4 is 15.4 Å². The number of carbonyl (C=O) groups excluding carboxylic acids is 1. The Kier molecular flexibility index (Phi) is 6.26. The number of aromatic carboxylic acids is 1. The molecule has 0 aliphatic carbocycles. The Labute approximate surface area is 171 Å². The van der Waals surface area contributed by atoms with E-state index in [-0.39, 0.29) is 11.1 Å².